The van der Waals surface area contributed by atoms with Crippen molar-refractivity contribution >= 4 is 11.3 Å². The molecule has 0 N–H and O–H groups in total. The third kappa shape index (κ3) is 2.67. The van der Waals surface area contributed by atoms with Gasteiger partial charge in [0.15, 0.2) is 5.82 Å². The zero-order chi connectivity index (χ0) is 15.9. The SMILES string of the molecule is c1cn2nc(C3CC3)cc2c(N2CCCC(N3CCOCC3)C2)n1. The molecule has 2 aromatic heterocycles. The van der Waals surface area contributed by atoms with Crippen molar-refractivity contribution < 1.29 is 4.74 Å². The van der Waals surface area contributed by atoms with Crippen LogP contribution in [0.4, 0.5) is 5.82 Å². The Kier molecular flexibility index (Phi) is 3.67. The van der Waals surface area contributed by atoms with E-state index < -0.39 is 0 Å². The molecule has 5 rings (SSSR count). The van der Waals surface area contributed by atoms with Gasteiger partial charge >= 0.3 is 0 Å². The van der Waals surface area contributed by atoms with Crippen LogP contribution < -0.4 is 4.90 Å². The second-order valence-electron chi connectivity index (χ2n) is 7.31. The second kappa shape index (κ2) is 6.01. The fourth-order valence-corrected chi connectivity index (χ4v) is 4.14. The fraction of sp³-hybridized carbons (Fsp3) is 0.667. The lowest BCUT2D eigenvalue weighted by Gasteiger charge is -2.41. The minimum absolute atomic E-state index is 0.621. The lowest BCUT2D eigenvalue weighted by Crippen LogP contribution is -2.51. The number of hydrogen-bond acceptors (Lipinski definition) is 5. The van der Waals surface area contributed by atoms with Crippen molar-refractivity contribution in [3.63, 3.8) is 0 Å². The molecule has 1 unspecified atom stereocenters. The van der Waals surface area contributed by atoms with Crippen molar-refractivity contribution in [3.8, 4) is 0 Å². The molecule has 3 aliphatic rings. The summed E-state index contributed by atoms with van der Waals surface area (Å²) in [6.45, 7) is 6.03. The molecular weight excluding hydrogens is 302 g/mol. The van der Waals surface area contributed by atoms with E-state index in [9.17, 15) is 0 Å². The highest BCUT2D eigenvalue weighted by Gasteiger charge is 2.30. The smallest absolute Gasteiger partial charge is 0.154 e. The Morgan fingerprint density at radius 2 is 1.96 bits per heavy atom. The summed E-state index contributed by atoms with van der Waals surface area (Å²) in [5.41, 5.74) is 2.41. The number of rotatable bonds is 3. The van der Waals surface area contributed by atoms with Gasteiger partial charge in [-0.05, 0) is 31.7 Å². The number of anilines is 1. The summed E-state index contributed by atoms with van der Waals surface area (Å²) < 4.78 is 7.53. The fourth-order valence-electron chi connectivity index (χ4n) is 4.14. The van der Waals surface area contributed by atoms with Crippen LogP contribution in [0.5, 0.6) is 0 Å². The summed E-state index contributed by atoms with van der Waals surface area (Å²) in [6.07, 6.45) is 8.96. The van der Waals surface area contributed by atoms with E-state index in [-0.39, 0.29) is 0 Å². The molecule has 1 saturated carbocycles. The van der Waals surface area contributed by atoms with Crippen molar-refractivity contribution in [1.29, 1.82) is 0 Å². The first-order valence-corrected chi connectivity index (χ1v) is 9.29. The Morgan fingerprint density at radius 1 is 1.08 bits per heavy atom. The van der Waals surface area contributed by atoms with Crippen LogP contribution in [0.25, 0.3) is 5.52 Å². The average Bonchev–Trinajstić information content (AvgIpc) is 3.41. The number of ether oxygens (including phenoxy) is 1. The van der Waals surface area contributed by atoms with E-state index in [2.05, 4.69) is 15.9 Å². The Labute approximate surface area is 142 Å². The molecule has 4 heterocycles. The van der Waals surface area contributed by atoms with Crippen LogP contribution in [0.15, 0.2) is 18.5 Å². The Bertz CT molecular complexity index is 719. The largest absolute Gasteiger partial charge is 0.379 e. The Balaban J connectivity index is 1.41. The normalized spacial score (nSPS) is 26.2. The van der Waals surface area contributed by atoms with Gasteiger partial charge in [0.2, 0.25) is 0 Å². The van der Waals surface area contributed by atoms with Crippen molar-refractivity contribution in [2.45, 2.75) is 37.6 Å². The van der Waals surface area contributed by atoms with Gasteiger partial charge in [-0.1, -0.05) is 0 Å². The van der Waals surface area contributed by atoms with Crippen molar-refractivity contribution in [2.75, 3.05) is 44.3 Å². The van der Waals surface area contributed by atoms with Gasteiger partial charge in [0, 0.05) is 50.5 Å². The number of piperidine rings is 1. The number of fused-ring (bicyclic) bond motifs is 1. The first-order chi connectivity index (χ1) is 11.9. The summed E-state index contributed by atoms with van der Waals surface area (Å²) in [5.74, 6) is 1.79. The first-order valence-electron chi connectivity index (χ1n) is 9.29. The molecule has 0 amide bonds. The van der Waals surface area contributed by atoms with Crippen LogP contribution >= 0.6 is 0 Å². The molecule has 0 bridgehead atoms. The Morgan fingerprint density at radius 3 is 2.79 bits per heavy atom. The van der Waals surface area contributed by atoms with Crippen molar-refractivity contribution in [2.24, 2.45) is 0 Å². The van der Waals surface area contributed by atoms with E-state index in [1.165, 1.54) is 36.9 Å². The Hall–Kier alpha value is -1.66. The van der Waals surface area contributed by atoms with Gasteiger partial charge in [0.05, 0.1) is 18.9 Å². The van der Waals surface area contributed by atoms with E-state index >= 15 is 0 Å². The third-order valence-electron chi connectivity index (χ3n) is 5.64. The van der Waals surface area contributed by atoms with Gasteiger partial charge < -0.3 is 9.64 Å². The standard InChI is InChI=1S/C18H25N5O/c1-2-15(21-8-10-24-11-9-21)13-22(6-1)18-17-12-16(14-3-4-14)20-23(17)7-5-19-18/h5,7,12,14-15H,1-4,6,8-11,13H2. The molecule has 2 aromatic rings. The molecule has 2 saturated heterocycles. The van der Waals surface area contributed by atoms with Crippen LogP contribution in [-0.4, -0.2) is 64.9 Å². The summed E-state index contributed by atoms with van der Waals surface area (Å²) >= 11 is 0. The lowest BCUT2D eigenvalue weighted by atomic mass is 10.0. The van der Waals surface area contributed by atoms with E-state index in [0.29, 0.717) is 12.0 Å². The summed E-state index contributed by atoms with van der Waals surface area (Å²) in [5, 5.41) is 4.76. The molecule has 0 aromatic carbocycles. The summed E-state index contributed by atoms with van der Waals surface area (Å²) in [7, 11) is 0. The quantitative estimate of drug-likeness (QED) is 0.862. The predicted octanol–water partition coefficient (Wildman–Crippen LogP) is 1.91. The highest BCUT2D eigenvalue weighted by atomic mass is 16.5. The maximum Gasteiger partial charge on any atom is 0.154 e. The summed E-state index contributed by atoms with van der Waals surface area (Å²) in [4.78, 5) is 9.79. The van der Waals surface area contributed by atoms with Gasteiger partial charge in [-0.3, -0.25) is 4.90 Å². The van der Waals surface area contributed by atoms with Gasteiger partial charge in [0.1, 0.15) is 5.52 Å². The van der Waals surface area contributed by atoms with Gasteiger partial charge in [-0.25, -0.2) is 9.50 Å². The third-order valence-corrected chi connectivity index (χ3v) is 5.64. The number of aromatic nitrogens is 3. The van der Waals surface area contributed by atoms with Crippen molar-refractivity contribution in [1.82, 2.24) is 19.5 Å². The van der Waals surface area contributed by atoms with Crippen LogP contribution in [0.2, 0.25) is 0 Å². The summed E-state index contributed by atoms with van der Waals surface area (Å²) in [6, 6.07) is 2.88. The number of hydrogen-bond donors (Lipinski definition) is 0. The minimum Gasteiger partial charge on any atom is -0.379 e. The van der Waals surface area contributed by atoms with Crippen LogP contribution in [0.1, 0.15) is 37.3 Å². The highest BCUT2D eigenvalue weighted by molar-refractivity contribution is 5.69. The molecule has 0 radical (unpaired) electrons. The van der Waals surface area contributed by atoms with E-state index in [4.69, 9.17) is 14.8 Å². The molecule has 1 aliphatic carbocycles. The van der Waals surface area contributed by atoms with Crippen LogP contribution in [0.3, 0.4) is 0 Å². The van der Waals surface area contributed by atoms with Gasteiger partial charge in [-0.2, -0.15) is 5.10 Å². The van der Waals surface area contributed by atoms with Gasteiger partial charge in [0.25, 0.3) is 0 Å². The molecule has 3 fully saturated rings. The first kappa shape index (κ1) is 14.7. The molecule has 2 aliphatic heterocycles. The molecule has 128 valence electrons. The lowest BCUT2D eigenvalue weighted by molar-refractivity contribution is 0.0137. The predicted molar refractivity (Wildman–Crippen MR) is 92.6 cm³/mol. The molecule has 6 nitrogen and oxygen atoms in total. The van der Waals surface area contributed by atoms with E-state index in [1.54, 1.807) is 0 Å². The molecule has 24 heavy (non-hydrogen) atoms. The zero-order valence-electron chi connectivity index (χ0n) is 14.1. The molecule has 6 heteroatoms. The maximum absolute atomic E-state index is 5.51. The van der Waals surface area contributed by atoms with Crippen LogP contribution in [-0.2, 0) is 4.74 Å². The monoisotopic (exact) mass is 327 g/mol. The highest BCUT2D eigenvalue weighted by Crippen LogP contribution is 2.40. The van der Waals surface area contributed by atoms with Gasteiger partial charge in [-0.15, -0.1) is 0 Å². The van der Waals surface area contributed by atoms with E-state index in [1.807, 2.05) is 16.9 Å². The number of morpholine rings is 1. The molecule has 1 atom stereocenters. The molecule has 0 spiro atoms. The number of nitrogens with zero attached hydrogens (tertiary/aromatic N) is 5. The zero-order valence-corrected chi connectivity index (χ0v) is 14.1. The maximum atomic E-state index is 5.51. The topological polar surface area (TPSA) is 45.9 Å². The second-order valence-corrected chi connectivity index (χ2v) is 7.31. The van der Waals surface area contributed by atoms with E-state index in [0.717, 1.165) is 45.2 Å². The average molecular weight is 327 g/mol. The minimum atomic E-state index is 0.621. The van der Waals surface area contributed by atoms with Crippen molar-refractivity contribution in [3.05, 3.63) is 24.2 Å². The molecular formula is C18H25N5O. The van der Waals surface area contributed by atoms with Crippen LogP contribution in [0, 0.1) is 0 Å².